The van der Waals surface area contributed by atoms with Gasteiger partial charge in [-0.15, -0.1) is 11.3 Å². The van der Waals surface area contributed by atoms with E-state index in [1.54, 1.807) is 11.3 Å². The lowest BCUT2D eigenvalue weighted by Crippen LogP contribution is -2.18. The van der Waals surface area contributed by atoms with Crippen molar-refractivity contribution < 1.29 is 14.3 Å². The van der Waals surface area contributed by atoms with Crippen LogP contribution >= 0.6 is 11.3 Å². The fourth-order valence-electron chi connectivity index (χ4n) is 1.69. The average Bonchev–Trinajstić information content (AvgIpc) is 3.04. The molecule has 2 rings (SSSR count). The maximum absolute atomic E-state index is 10.9. The molecule has 2 aromatic rings. The zero-order valence-corrected chi connectivity index (χ0v) is 11.7. The van der Waals surface area contributed by atoms with Gasteiger partial charge in [0, 0.05) is 11.1 Å². The van der Waals surface area contributed by atoms with Gasteiger partial charge in [0.25, 0.3) is 0 Å². The minimum atomic E-state index is -0.972. The second kappa shape index (κ2) is 5.99. The Labute approximate surface area is 115 Å². The summed E-state index contributed by atoms with van der Waals surface area (Å²) >= 11 is 1.67. The maximum Gasteiger partial charge on any atom is 0.339 e. The third kappa shape index (κ3) is 3.21. The van der Waals surface area contributed by atoms with E-state index in [-0.39, 0.29) is 11.6 Å². The molecule has 102 valence electrons. The summed E-state index contributed by atoms with van der Waals surface area (Å²) in [7, 11) is 0. The highest BCUT2D eigenvalue weighted by atomic mass is 32.1. The SMILES string of the molecule is CCc1cnc(C(C)NCc2occc2C(=O)O)s1. The van der Waals surface area contributed by atoms with Crippen molar-refractivity contribution >= 4 is 17.3 Å². The Morgan fingerprint density at radius 1 is 1.63 bits per heavy atom. The largest absolute Gasteiger partial charge is 0.478 e. The minimum Gasteiger partial charge on any atom is -0.478 e. The normalized spacial score (nSPS) is 12.5. The van der Waals surface area contributed by atoms with Crippen LogP contribution in [0.2, 0.25) is 0 Å². The van der Waals surface area contributed by atoms with E-state index in [9.17, 15) is 4.79 Å². The van der Waals surface area contributed by atoms with Crippen molar-refractivity contribution in [3.05, 3.63) is 39.7 Å². The molecule has 5 nitrogen and oxygen atoms in total. The van der Waals surface area contributed by atoms with Crippen molar-refractivity contribution in [2.45, 2.75) is 32.9 Å². The Bertz CT molecular complexity index is 562. The summed E-state index contributed by atoms with van der Waals surface area (Å²) < 4.78 is 5.18. The first-order chi connectivity index (χ1) is 9.11. The second-order valence-corrected chi connectivity index (χ2v) is 5.33. The number of carboxylic acids is 1. The number of nitrogens with one attached hydrogen (secondary N) is 1. The van der Waals surface area contributed by atoms with E-state index in [0.717, 1.165) is 11.4 Å². The molecule has 0 amide bonds. The molecule has 0 radical (unpaired) electrons. The minimum absolute atomic E-state index is 0.0667. The molecule has 0 saturated heterocycles. The van der Waals surface area contributed by atoms with Gasteiger partial charge in [-0.2, -0.15) is 0 Å². The fourth-order valence-corrected chi connectivity index (χ4v) is 2.57. The van der Waals surface area contributed by atoms with Crippen LogP contribution in [-0.4, -0.2) is 16.1 Å². The maximum atomic E-state index is 10.9. The van der Waals surface area contributed by atoms with Gasteiger partial charge in [0.1, 0.15) is 16.3 Å². The number of rotatable bonds is 6. The molecule has 2 heterocycles. The second-order valence-electron chi connectivity index (χ2n) is 4.18. The zero-order chi connectivity index (χ0) is 13.8. The van der Waals surface area contributed by atoms with Crippen LogP contribution in [0.15, 0.2) is 22.9 Å². The Balaban J connectivity index is 1.98. The van der Waals surface area contributed by atoms with Gasteiger partial charge in [0.15, 0.2) is 0 Å². The fraction of sp³-hybridized carbons (Fsp3) is 0.385. The number of carboxylic acid groups (broad SMARTS) is 1. The molecule has 0 fully saturated rings. The highest BCUT2D eigenvalue weighted by Crippen LogP contribution is 2.21. The van der Waals surface area contributed by atoms with E-state index >= 15 is 0 Å². The van der Waals surface area contributed by atoms with Gasteiger partial charge < -0.3 is 14.8 Å². The number of thiazole rings is 1. The molecule has 1 atom stereocenters. The number of aromatic nitrogens is 1. The molecule has 19 heavy (non-hydrogen) atoms. The van der Waals surface area contributed by atoms with E-state index in [0.29, 0.717) is 12.3 Å². The predicted octanol–water partition coefficient (Wildman–Crippen LogP) is 2.85. The van der Waals surface area contributed by atoms with E-state index in [2.05, 4.69) is 17.2 Å². The van der Waals surface area contributed by atoms with Crippen LogP contribution < -0.4 is 5.32 Å². The van der Waals surface area contributed by atoms with Crippen LogP contribution in [-0.2, 0) is 13.0 Å². The third-order valence-electron chi connectivity index (χ3n) is 2.83. The summed E-state index contributed by atoms with van der Waals surface area (Å²) in [6.07, 6.45) is 4.25. The van der Waals surface area contributed by atoms with Crippen LogP contribution in [0.25, 0.3) is 0 Å². The number of nitrogens with zero attached hydrogens (tertiary/aromatic N) is 1. The average molecular weight is 280 g/mol. The summed E-state index contributed by atoms with van der Waals surface area (Å²) in [5, 5.41) is 13.2. The number of aromatic carboxylic acids is 1. The molecule has 2 aromatic heterocycles. The Morgan fingerprint density at radius 2 is 2.42 bits per heavy atom. The Morgan fingerprint density at radius 3 is 3.05 bits per heavy atom. The van der Waals surface area contributed by atoms with E-state index in [1.165, 1.54) is 17.2 Å². The van der Waals surface area contributed by atoms with E-state index in [4.69, 9.17) is 9.52 Å². The summed E-state index contributed by atoms with van der Waals surface area (Å²) in [5.74, 6) is -0.535. The van der Waals surface area contributed by atoms with Crippen molar-refractivity contribution in [2.24, 2.45) is 0 Å². The molecule has 2 N–H and O–H groups in total. The number of aryl methyl sites for hydroxylation is 1. The highest BCUT2D eigenvalue weighted by Gasteiger charge is 2.15. The van der Waals surface area contributed by atoms with E-state index in [1.807, 2.05) is 13.1 Å². The molecule has 0 spiro atoms. The molecular weight excluding hydrogens is 264 g/mol. The standard InChI is InChI=1S/C13H16N2O3S/c1-3-9-6-15-12(19-9)8(2)14-7-11-10(13(16)17)4-5-18-11/h4-6,8,14H,3,7H2,1-2H3,(H,16,17). The number of hydrogen-bond donors (Lipinski definition) is 2. The molecule has 0 saturated carbocycles. The van der Waals surface area contributed by atoms with Gasteiger partial charge >= 0.3 is 5.97 Å². The third-order valence-corrected chi connectivity index (χ3v) is 4.16. The molecule has 6 heteroatoms. The first-order valence-electron chi connectivity index (χ1n) is 6.09. The van der Waals surface area contributed by atoms with Gasteiger partial charge in [0.2, 0.25) is 0 Å². The first kappa shape index (κ1) is 13.8. The van der Waals surface area contributed by atoms with Crippen molar-refractivity contribution in [3.63, 3.8) is 0 Å². The molecule has 0 aliphatic rings. The van der Waals surface area contributed by atoms with Gasteiger partial charge in [-0.05, 0) is 19.4 Å². The molecular formula is C13H16N2O3S. The monoisotopic (exact) mass is 280 g/mol. The summed E-state index contributed by atoms with van der Waals surface area (Å²) in [4.78, 5) is 16.5. The molecule has 0 aliphatic heterocycles. The van der Waals surface area contributed by atoms with Gasteiger partial charge in [0.05, 0.1) is 18.8 Å². The van der Waals surface area contributed by atoms with Crippen molar-refractivity contribution in [1.82, 2.24) is 10.3 Å². The quantitative estimate of drug-likeness (QED) is 0.851. The predicted molar refractivity (Wildman–Crippen MR) is 72.4 cm³/mol. The van der Waals surface area contributed by atoms with Crippen LogP contribution in [0, 0.1) is 0 Å². The lowest BCUT2D eigenvalue weighted by Gasteiger charge is -2.09. The number of hydrogen-bond acceptors (Lipinski definition) is 5. The molecule has 1 unspecified atom stereocenters. The highest BCUT2D eigenvalue weighted by molar-refractivity contribution is 7.11. The van der Waals surface area contributed by atoms with Crippen LogP contribution in [0.4, 0.5) is 0 Å². The Hall–Kier alpha value is -1.66. The van der Waals surface area contributed by atoms with Crippen molar-refractivity contribution in [1.29, 1.82) is 0 Å². The number of furan rings is 1. The molecule has 0 aromatic carbocycles. The zero-order valence-electron chi connectivity index (χ0n) is 10.8. The van der Waals surface area contributed by atoms with Crippen molar-refractivity contribution in [2.75, 3.05) is 0 Å². The van der Waals surface area contributed by atoms with Crippen LogP contribution in [0.5, 0.6) is 0 Å². The van der Waals surface area contributed by atoms with Crippen molar-refractivity contribution in [3.8, 4) is 0 Å². The van der Waals surface area contributed by atoms with Gasteiger partial charge in [-0.1, -0.05) is 6.92 Å². The molecule has 0 bridgehead atoms. The summed E-state index contributed by atoms with van der Waals surface area (Å²) in [6.45, 7) is 4.47. The smallest absolute Gasteiger partial charge is 0.339 e. The number of carbonyl (C=O) groups is 1. The summed E-state index contributed by atoms with van der Waals surface area (Å²) in [5.41, 5.74) is 0.202. The van der Waals surface area contributed by atoms with Crippen LogP contribution in [0.3, 0.4) is 0 Å². The molecule has 0 aliphatic carbocycles. The lowest BCUT2D eigenvalue weighted by molar-refractivity contribution is 0.0694. The summed E-state index contributed by atoms with van der Waals surface area (Å²) in [6, 6.07) is 1.53. The Kier molecular flexibility index (Phi) is 4.34. The lowest BCUT2D eigenvalue weighted by atomic mass is 10.2. The topological polar surface area (TPSA) is 75.4 Å². The van der Waals surface area contributed by atoms with Crippen LogP contribution in [0.1, 0.15) is 45.9 Å². The van der Waals surface area contributed by atoms with Gasteiger partial charge in [-0.25, -0.2) is 9.78 Å². The van der Waals surface area contributed by atoms with E-state index < -0.39 is 5.97 Å². The first-order valence-corrected chi connectivity index (χ1v) is 6.91. The van der Waals surface area contributed by atoms with Gasteiger partial charge in [-0.3, -0.25) is 0 Å².